The highest BCUT2D eigenvalue weighted by Crippen LogP contribution is 2.25. The zero-order valence-corrected chi connectivity index (χ0v) is 12.7. The second-order valence-electron chi connectivity index (χ2n) is 5.10. The highest BCUT2D eigenvalue weighted by atomic mass is 32.2. The first-order chi connectivity index (χ1) is 7.75. The highest BCUT2D eigenvalue weighted by Gasteiger charge is 2.36. The monoisotopic (exact) mass is 264 g/mol. The average Bonchev–Trinajstić information content (AvgIpc) is 2.29. The summed E-state index contributed by atoms with van der Waals surface area (Å²) in [6, 6.07) is 0. The van der Waals surface area contributed by atoms with Crippen molar-refractivity contribution in [2.24, 2.45) is 11.7 Å². The third kappa shape index (κ3) is 4.23. The van der Waals surface area contributed by atoms with Gasteiger partial charge in [-0.2, -0.15) is 4.31 Å². The quantitative estimate of drug-likeness (QED) is 0.727. The van der Waals surface area contributed by atoms with E-state index in [9.17, 15) is 8.42 Å². The van der Waals surface area contributed by atoms with Gasteiger partial charge in [-0.25, -0.2) is 8.42 Å². The molecule has 4 nitrogen and oxygen atoms in total. The number of hydrogen-bond donors (Lipinski definition) is 1. The van der Waals surface area contributed by atoms with Crippen LogP contribution in [0, 0.1) is 5.92 Å². The summed E-state index contributed by atoms with van der Waals surface area (Å²) in [4.78, 5) is 0. The number of sulfonamides is 1. The second kappa shape index (κ2) is 6.71. The number of rotatable bonds is 8. The van der Waals surface area contributed by atoms with Gasteiger partial charge in [-0.1, -0.05) is 27.7 Å². The number of nitrogens with zero attached hydrogens (tertiary/aromatic N) is 1. The molecule has 0 aliphatic carbocycles. The van der Waals surface area contributed by atoms with Crippen LogP contribution in [0.5, 0.6) is 0 Å². The van der Waals surface area contributed by atoms with Gasteiger partial charge in [0, 0.05) is 19.1 Å². The van der Waals surface area contributed by atoms with Crippen LogP contribution in [0.3, 0.4) is 0 Å². The second-order valence-corrected chi connectivity index (χ2v) is 7.22. The predicted octanol–water partition coefficient (Wildman–Crippen LogP) is 1.81. The summed E-state index contributed by atoms with van der Waals surface area (Å²) in [6.45, 7) is 8.42. The van der Waals surface area contributed by atoms with Gasteiger partial charge in [-0.05, 0) is 25.2 Å². The van der Waals surface area contributed by atoms with Gasteiger partial charge < -0.3 is 5.73 Å². The Bertz CT molecular complexity index is 300. The largest absolute Gasteiger partial charge is 0.329 e. The maximum atomic E-state index is 12.2. The molecule has 0 aromatic carbocycles. The van der Waals surface area contributed by atoms with Crippen LogP contribution in [-0.4, -0.2) is 37.6 Å². The van der Waals surface area contributed by atoms with Crippen LogP contribution in [0.2, 0.25) is 0 Å². The molecule has 0 bridgehead atoms. The van der Waals surface area contributed by atoms with Crippen molar-refractivity contribution in [3.05, 3.63) is 0 Å². The molecule has 0 saturated heterocycles. The molecule has 0 radical (unpaired) electrons. The van der Waals surface area contributed by atoms with E-state index >= 15 is 0 Å². The minimum absolute atomic E-state index is 0.211. The minimum Gasteiger partial charge on any atom is -0.329 e. The van der Waals surface area contributed by atoms with Crippen LogP contribution in [-0.2, 0) is 10.0 Å². The highest BCUT2D eigenvalue weighted by molar-refractivity contribution is 7.89. The molecule has 0 aromatic rings. The Hall–Kier alpha value is -0.130. The van der Waals surface area contributed by atoms with Gasteiger partial charge in [0.2, 0.25) is 10.0 Å². The fraction of sp³-hybridized carbons (Fsp3) is 1.00. The molecule has 0 heterocycles. The van der Waals surface area contributed by atoms with Gasteiger partial charge in [-0.3, -0.25) is 0 Å². The van der Waals surface area contributed by atoms with E-state index in [4.69, 9.17) is 5.73 Å². The van der Waals surface area contributed by atoms with Gasteiger partial charge in [-0.15, -0.1) is 0 Å². The minimum atomic E-state index is -3.20. The summed E-state index contributed by atoms with van der Waals surface area (Å²) in [5.41, 5.74) is 5.36. The van der Waals surface area contributed by atoms with E-state index < -0.39 is 15.6 Å². The SMILES string of the molecule is CCC(CC)(CN)N(C)S(=O)(=O)CCC(C)C. The van der Waals surface area contributed by atoms with Crippen molar-refractivity contribution in [2.75, 3.05) is 19.3 Å². The summed E-state index contributed by atoms with van der Waals surface area (Å²) in [5, 5.41) is 0. The molecule has 0 spiro atoms. The Kier molecular flexibility index (Phi) is 6.66. The summed E-state index contributed by atoms with van der Waals surface area (Å²) in [5.74, 6) is 0.608. The average molecular weight is 264 g/mol. The van der Waals surface area contributed by atoms with Gasteiger partial charge >= 0.3 is 0 Å². The number of likely N-dealkylation sites (N-methyl/N-ethyl adjacent to an activating group) is 1. The topological polar surface area (TPSA) is 63.4 Å². The third-order valence-corrected chi connectivity index (χ3v) is 5.71. The molecule has 0 amide bonds. The van der Waals surface area contributed by atoms with Crippen molar-refractivity contribution in [1.29, 1.82) is 0 Å². The molecule has 0 aromatic heterocycles. The summed E-state index contributed by atoms with van der Waals surface area (Å²) in [6.07, 6.45) is 2.19. The molecule has 104 valence electrons. The molecule has 0 unspecified atom stereocenters. The maximum absolute atomic E-state index is 12.2. The first kappa shape index (κ1) is 16.9. The van der Waals surface area contributed by atoms with Crippen molar-refractivity contribution >= 4 is 10.0 Å². The van der Waals surface area contributed by atoms with Crippen molar-refractivity contribution in [1.82, 2.24) is 4.31 Å². The molecule has 0 aliphatic rings. The van der Waals surface area contributed by atoms with Crippen LogP contribution >= 0.6 is 0 Å². The van der Waals surface area contributed by atoms with Crippen LogP contribution in [0.25, 0.3) is 0 Å². The lowest BCUT2D eigenvalue weighted by atomic mass is 9.93. The molecule has 17 heavy (non-hydrogen) atoms. The Morgan fingerprint density at radius 1 is 1.24 bits per heavy atom. The van der Waals surface area contributed by atoms with E-state index in [2.05, 4.69) is 0 Å². The molecule has 0 fully saturated rings. The zero-order valence-electron chi connectivity index (χ0n) is 11.9. The van der Waals surface area contributed by atoms with Gasteiger partial charge in [0.1, 0.15) is 0 Å². The van der Waals surface area contributed by atoms with E-state index in [0.29, 0.717) is 18.9 Å². The Labute approximate surface area is 107 Å². The summed E-state index contributed by atoms with van der Waals surface area (Å²) >= 11 is 0. The Morgan fingerprint density at radius 2 is 1.71 bits per heavy atom. The van der Waals surface area contributed by atoms with Crippen molar-refractivity contribution < 1.29 is 8.42 Å². The van der Waals surface area contributed by atoms with E-state index in [1.807, 2.05) is 27.7 Å². The van der Waals surface area contributed by atoms with Crippen molar-refractivity contribution in [3.8, 4) is 0 Å². The van der Waals surface area contributed by atoms with Crippen LogP contribution in [0.15, 0.2) is 0 Å². The van der Waals surface area contributed by atoms with Crippen molar-refractivity contribution in [3.63, 3.8) is 0 Å². The van der Waals surface area contributed by atoms with Crippen molar-refractivity contribution in [2.45, 2.75) is 52.5 Å². The normalized spacial score (nSPS) is 13.6. The van der Waals surface area contributed by atoms with Gasteiger partial charge in [0.15, 0.2) is 0 Å². The van der Waals surface area contributed by atoms with Gasteiger partial charge in [0.05, 0.1) is 5.75 Å². The molecular formula is C12H28N2O2S. The lowest BCUT2D eigenvalue weighted by Gasteiger charge is -2.39. The fourth-order valence-electron chi connectivity index (χ4n) is 1.93. The molecule has 2 N–H and O–H groups in total. The summed E-state index contributed by atoms with van der Waals surface area (Å²) in [7, 11) is -1.53. The number of nitrogens with two attached hydrogens (primary N) is 1. The summed E-state index contributed by atoms with van der Waals surface area (Å²) < 4.78 is 26.0. The Morgan fingerprint density at radius 3 is 2.00 bits per heavy atom. The van der Waals surface area contributed by atoms with E-state index in [0.717, 1.165) is 12.8 Å². The lowest BCUT2D eigenvalue weighted by Crippen LogP contribution is -2.54. The molecule has 5 heteroatoms. The van der Waals surface area contributed by atoms with Crippen LogP contribution < -0.4 is 5.73 Å². The predicted molar refractivity (Wildman–Crippen MR) is 73.4 cm³/mol. The molecular weight excluding hydrogens is 236 g/mol. The smallest absolute Gasteiger partial charge is 0.214 e. The van der Waals surface area contributed by atoms with E-state index in [1.165, 1.54) is 4.31 Å². The standard InChI is InChI=1S/C12H28N2O2S/c1-6-12(7-2,10-13)14(5)17(15,16)9-8-11(3)4/h11H,6-10,13H2,1-5H3. The number of hydrogen-bond acceptors (Lipinski definition) is 3. The zero-order chi connectivity index (χ0) is 13.7. The third-order valence-electron chi connectivity index (χ3n) is 3.73. The molecule has 0 saturated carbocycles. The first-order valence-corrected chi connectivity index (χ1v) is 8.03. The fourth-order valence-corrected chi connectivity index (χ4v) is 3.90. The van der Waals surface area contributed by atoms with Crippen LogP contribution in [0.1, 0.15) is 47.0 Å². The maximum Gasteiger partial charge on any atom is 0.214 e. The van der Waals surface area contributed by atoms with Crippen LogP contribution in [0.4, 0.5) is 0 Å². The lowest BCUT2D eigenvalue weighted by molar-refractivity contribution is 0.207. The molecule has 0 aliphatic heterocycles. The van der Waals surface area contributed by atoms with E-state index in [-0.39, 0.29) is 5.75 Å². The first-order valence-electron chi connectivity index (χ1n) is 6.42. The van der Waals surface area contributed by atoms with Gasteiger partial charge in [0.25, 0.3) is 0 Å². The Balaban J connectivity index is 4.93. The molecule has 0 atom stereocenters. The molecule has 0 rings (SSSR count). The van der Waals surface area contributed by atoms with E-state index in [1.54, 1.807) is 7.05 Å².